The number of alkyl carbamates (subject to hydrolysis) is 1. The number of nitrogens with two attached hydrogens (primary N) is 1. The highest BCUT2D eigenvalue weighted by Gasteiger charge is 2.72. The van der Waals surface area contributed by atoms with Crippen LogP contribution in [0.1, 0.15) is 72.1 Å². The van der Waals surface area contributed by atoms with Crippen molar-refractivity contribution in [2.24, 2.45) is 11.1 Å². The second kappa shape index (κ2) is 4.12. The lowest BCUT2D eigenvalue weighted by Gasteiger charge is -2.43. The second-order valence-corrected chi connectivity index (χ2v) is 8.15. The molecule has 4 heteroatoms. The quantitative estimate of drug-likeness (QED) is 0.835. The minimum Gasteiger partial charge on any atom is -0.444 e. The maximum absolute atomic E-state index is 12.3. The Morgan fingerprint density at radius 3 is 2.00 bits per heavy atom. The van der Waals surface area contributed by atoms with Crippen molar-refractivity contribution in [1.29, 1.82) is 0 Å². The van der Waals surface area contributed by atoms with Crippen molar-refractivity contribution in [3.05, 3.63) is 0 Å². The zero-order valence-corrected chi connectivity index (χ0v) is 13.1. The predicted molar refractivity (Wildman–Crippen MR) is 78.4 cm³/mol. The third-order valence-corrected chi connectivity index (χ3v) is 5.61. The van der Waals surface area contributed by atoms with E-state index in [1.165, 1.54) is 25.7 Å². The summed E-state index contributed by atoms with van der Waals surface area (Å²) in [6.45, 7) is 5.73. The highest BCUT2D eigenvalue weighted by atomic mass is 16.6. The van der Waals surface area contributed by atoms with Crippen molar-refractivity contribution in [2.45, 2.75) is 88.8 Å². The van der Waals surface area contributed by atoms with Crippen LogP contribution in [0.4, 0.5) is 4.79 Å². The summed E-state index contributed by atoms with van der Waals surface area (Å²) in [6.07, 6.45) is 8.79. The van der Waals surface area contributed by atoms with Crippen LogP contribution in [0.3, 0.4) is 0 Å². The van der Waals surface area contributed by atoms with E-state index in [-0.39, 0.29) is 22.6 Å². The predicted octanol–water partition coefficient (Wildman–Crippen LogP) is 3.10. The maximum atomic E-state index is 12.3. The minimum absolute atomic E-state index is 0.0215. The van der Waals surface area contributed by atoms with Crippen molar-refractivity contribution in [3.63, 3.8) is 0 Å². The van der Waals surface area contributed by atoms with Gasteiger partial charge in [0, 0.05) is 11.0 Å². The fraction of sp³-hybridized carbons (Fsp3) is 0.938. The molecule has 0 bridgehead atoms. The Balaban J connectivity index is 1.78. The van der Waals surface area contributed by atoms with Crippen LogP contribution in [-0.2, 0) is 4.74 Å². The van der Waals surface area contributed by atoms with E-state index in [1.54, 1.807) is 0 Å². The Labute approximate surface area is 121 Å². The number of nitrogens with one attached hydrogen (secondary N) is 1. The fourth-order valence-electron chi connectivity index (χ4n) is 4.39. The van der Waals surface area contributed by atoms with E-state index >= 15 is 0 Å². The van der Waals surface area contributed by atoms with Gasteiger partial charge in [-0.1, -0.05) is 12.8 Å². The lowest BCUT2D eigenvalue weighted by atomic mass is 9.73. The molecule has 20 heavy (non-hydrogen) atoms. The van der Waals surface area contributed by atoms with Gasteiger partial charge in [0.15, 0.2) is 0 Å². The number of hydrogen-bond acceptors (Lipinski definition) is 3. The maximum Gasteiger partial charge on any atom is 0.408 e. The lowest BCUT2D eigenvalue weighted by Crippen LogP contribution is -2.60. The molecular formula is C16H28N2O2. The van der Waals surface area contributed by atoms with Crippen molar-refractivity contribution >= 4 is 6.09 Å². The zero-order chi connectivity index (χ0) is 14.6. The Kier molecular flexibility index (Phi) is 2.92. The molecule has 3 N–H and O–H groups in total. The molecule has 0 aromatic rings. The fourth-order valence-corrected chi connectivity index (χ4v) is 4.39. The van der Waals surface area contributed by atoms with Gasteiger partial charge >= 0.3 is 6.09 Å². The number of amides is 1. The summed E-state index contributed by atoms with van der Waals surface area (Å²) >= 11 is 0. The zero-order valence-electron chi connectivity index (χ0n) is 13.1. The van der Waals surface area contributed by atoms with E-state index in [9.17, 15) is 4.79 Å². The van der Waals surface area contributed by atoms with Gasteiger partial charge in [-0.2, -0.15) is 0 Å². The number of rotatable bonds is 3. The summed E-state index contributed by atoms with van der Waals surface area (Å²) in [4.78, 5) is 12.3. The summed E-state index contributed by atoms with van der Waals surface area (Å²) in [7, 11) is 0. The van der Waals surface area contributed by atoms with Gasteiger partial charge in [-0.3, -0.25) is 0 Å². The van der Waals surface area contributed by atoms with Crippen LogP contribution in [0.15, 0.2) is 0 Å². The highest BCUT2D eigenvalue weighted by Crippen LogP contribution is 2.70. The molecule has 0 radical (unpaired) electrons. The first-order chi connectivity index (χ1) is 9.22. The second-order valence-electron chi connectivity index (χ2n) is 8.15. The molecule has 3 saturated carbocycles. The molecule has 0 unspecified atom stereocenters. The van der Waals surface area contributed by atoms with Gasteiger partial charge in [0.05, 0.1) is 5.54 Å². The minimum atomic E-state index is -0.444. The number of carbonyl (C=O) groups excluding carboxylic acids is 1. The largest absolute Gasteiger partial charge is 0.444 e. The molecule has 4 nitrogen and oxygen atoms in total. The van der Waals surface area contributed by atoms with E-state index in [4.69, 9.17) is 10.5 Å². The molecule has 3 aliphatic carbocycles. The van der Waals surface area contributed by atoms with Crippen LogP contribution in [-0.4, -0.2) is 22.8 Å². The van der Waals surface area contributed by atoms with Crippen LogP contribution in [0.5, 0.6) is 0 Å². The van der Waals surface area contributed by atoms with E-state index in [0.29, 0.717) is 0 Å². The molecule has 1 amide bonds. The SMILES string of the molecule is CC(C)(C)OC(=O)NC1(C2(C3(N)CC3)CC2)CCCC1. The van der Waals surface area contributed by atoms with Crippen molar-refractivity contribution in [2.75, 3.05) is 0 Å². The summed E-state index contributed by atoms with van der Waals surface area (Å²) in [6, 6.07) is 0. The number of ether oxygens (including phenoxy) is 1. The van der Waals surface area contributed by atoms with E-state index < -0.39 is 5.60 Å². The monoisotopic (exact) mass is 280 g/mol. The molecule has 0 saturated heterocycles. The molecule has 3 aliphatic rings. The van der Waals surface area contributed by atoms with Crippen molar-refractivity contribution in [3.8, 4) is 0 Å². The van der Waals surface area contributed by atoms with Crippen LogP contribution >= 0.6 is 0 Å². The molecule has 0 aromatic carbocycles. The molecule has 0 aliphatic heterocycles. The van der Waals surface area contributed by atoms with Gasteiger partial charge in [-0.05, 0) is 59.3 Å². The van der Waals surface area contributed by atoms with E-state index in [0.717, 1.165) is 25.7 Å². The van der Waals surface area contributed by atoms with Gasteiger partial charge < -0.3 is 15.8 Å². The Morgan fingerprint density at radius 1 is 1.05 bits per heavy atom. The molecule has 0 spiro atoms. The van der Waals surface area contributed by atoms with Crippen LogP contribution < -0.4 is 11.1 Å². The first-order valence-corrected chi connectivity index (χ1v) is 8.02. The Bertz CT molecular complexity index is 411. The van der Waals surface area contributed by atoms with Gasteiger partial charge in [-0.25, -0.2) is 4.79 Å². The average Bonchev–Trinajstić information content (AvgIpc) is 3.19. The third kappa shape index (κ3) is 2.12. The van der Waals surface area contributed by atoms with Gasteiger partial charge in [-0.15, -0.1) is 0 Å². The van der Waals surface area contributed by atoms with E-state index in [1.807, 2.05) is 20.8 Å². The Hall–Kier alpha value is -0.770. The smallest absolute Gasteiger partial charge is 0.408 e. The third-order valence-electron chi connectivity index (χ3n) is 5.61. The lowest BCUT2D eigenvalue weighted by molar-refractivity contribution is 0.0359. The van der Waals surface area contributed by atoms with Crippen LogP contribution in [0, 0.1) is 5.41 Å². The average molecular weight is 280 g/mol. The summed E-state index contributed by atoms with van der Waals surface area (Å²) in [5, 5.41) is 3.26. The van der Waals surface area contributed by atoms with Crippen molar-refractivity contribution in [1.82, 2.24) is 5.32 Å². The molecule has 3 fully saturated rings. The number of hydrogen-bond donors (Lipinski definition) is 2. The summed E-state index contributed by atoms with van der Waals surface area (Å²) in [5.41, 5.74) is 6.13. The summed E-state index contributed by atoms with van der Waals surface area (Å²) in [5.74, 6) is 0. The molecule has 114 valence electrons. The van der Waals surface area contributed by atoms with Crippen LogP contribution in [0.25, 0.3) is 0 Å². The normalized spacial score (nSPS) is 28.8. The van der Waals surface area contributed by atoms with Gasteiger partial charge in [0.25, 0.3) is 0 Å². The number of carbonyl (C=O) groups is 1. The standard InChI is InChI=1S/C16H28N2O2/c1-13(2,3)20-12(19)18-16(6-4-5-7-16)14(8-9-14)15(17)10-11-15/h4-11,17H2,1-3H3,(H,18,19). The van der Waals surface area contributed by atoms with Gasteiger partial charge in [0.1, 0.15) is 5.60 Å². The topological polar surface area (TPSA) is 64.3 Å². The first kappa shape index (κ1) is 14.2. The summed E-state index contributed by atoms with van der Waals surface area (Å²) < 4.78 is 5.49. The molecule has 0 aromatic heterocycles. The van der Waals surface area contributed by atoms with Crippen LogP contribution in [0.2, 0.25) is 0 Å². The molecule has 0 atom stereocenters. The molecular weight excluding hydrogens is 252 g/mol. The Morgan fingerprint density at radius 2 is 1.60 bits per heavy atom. The first-order valence-electron chi connectivity index (χ1n) is 8.02. The molecule has 0 heterocycles. The highest BCUT2D eigenvalue weighted by molar-refractivity contribution is 5.69. The van der Waals surface area contributed by atoms with Crippen molar-refractivity contribution < 1.29 is 9.53 Å². The van der Waals surface area contributed by atoms with Gasteiger partial charge in [0.2, 0.25) is 0 Å². The van der Waals surface area contributed by atoms with E-state index in [2.05, 4.69) is 5.32 Å². The molecule has 3 rings (SSSR count).